The van der Waals surface area contributed by atoms with Crippen LogP contribution in [0, 0.1) is 0 Å². The Morgan fingerprint density at radius 3 is 1.55 bits per heavy atom. The average molecular weight is 794 g/mol. The number of aromatic nitrogens is 1. The van der Waals surface area contributed by atoms with Crippen molar-refractivity contribution >= 4 is 23.6 Å². The number of nitrogens with zero attached hydrogens (tertiary/aromatic N) is 2. The van der Waals surface area contributed by atoms with Gasteiger partial charge in [0.15, 0.2) is 0 Å². The molecule has 0 aliphatic carbocycles. The molecule has 0 radical (unpaired) electrons. The van der Waals surface area contributed by atoms with Gasteiger partial charge in [0.25, 0.3) is 0 Å². The fourth-order valence-electron chi connectivity index (χ4n) is 8.60. The third-order valence-corrected chi connectivity index (χ3v) is 12.3. The van der Waals surface area contributed by atoms with Gasteiger partial charge in [-0.1, -0.05) is 155 Å². The highest BCUT2D eigenvalue weighted by Crippen LogP contribution is 2.38. The minimum absolute atomic E-state index is 0.237. The summed E-state index contributed by atoms with van der Waals surface area (Å²) in [4.78, 5) is 13.5. The van der Waals surface area contributed by atoms with Gasteiger partial charge in [-0.2, -0.15) is 0 Å². The fourth-order valence-corrected chi connectivity index (χ4v) is 8.60. The number of rotatable bonds is 30. The number of H-pyrrole nitrogens is 1. The molecule has 1 aromatic heterocycles. The topological polar surface area (TPSA) is 71.0 Å². The lowest BCUT2D eigenvalue weighted by molar-refractivity contribution is 0.0163. The van der Waals surface area contributed by atoms with Crippen LogP contribution in [0.1, 0.15) is 190 Å². The molecule has 2 N–H and O–H groups in total. The van der Waals surface area contributed by atoms with E-state index in [1.807, 2.05) is 0 Å². The van der Waals surface area contributed by atoms with Crippen LogP contribution in [0.15, 0.2) is 81.2 Å². The number of nitrogens with one attached hydrogen (secondary N) is 2. The molecule has 0 fully saturated rings. The normalized spacial score (nSPS) is 20.9. The molecule has 0 spiro atoms. The Bertz CT molecular complexity index is 1760. The predicted octanol–water partition coefficient (Wildman–Crippen LogP) is 12.6. The van der Waals surface area contributed by atoms with Gasteiger partial charge in [0.2, 0.25) is 0 Å². The zero-order valence-electron chi connectivity index (χ0n) is 38.1. The van der Waals surface area contributed by atoms with Gasteiger partial charge >= 0.3 is 0 Å². The maximum absolute atomic E-state index is 10.0. The molecule has 4 aliphatic rings. The Morgan fingerprint density at radius 1 is 0.586 bits per heavy atom. The highest BCUT2D eigenvalue weighted by molar-refractivity contribution is 6.20. The third-order valence-electron chi connectivity index (χ3n) is 12.3. The molecule has 1 aromatic rings. The number of allylic oxidation sites excluding steroid dienone is 5. The number of aromatic amines is 1. The van der Waals surface area contributed by atoms with Gasteiger partial charge in [-0.05, 0) is 93.0 Å². The molecule has 0 saturated heterocycles. The van der Waals surface area contributed by atoms with Gasteiger partial charge in [0.05, 0.1) is 40.6 Å². The predicted molar refractivity (Wildman–Crippen MR) is 249 cm³/mol. The molecule has 5 heterocycles. The van der Waals surface area contributed by atoms with Crippen LogP contribution >= 0.6 is 0 Å². The summed E-state index contributed by atoms with van der Waals surface area (Å²) in [5.74, 6) is 0. The number of aliphatic imine (C=N–C) groups is 2. The van der Waals surface area contributed by atoms with Gasteiger partial charge in [-0.25, -0.2) is 9.98 Å². The third kappa shape index (κ3) is 15.8. The van der Waals surface area contributed by atoms with Crippen molar-refractivity contribution in [1.29, 1.82) is 0 Å². The van der Waals surface area contributed by atoms with Crippen LogP contribution in [0.3, 0.4) is 0 Å². The molecule has 4 aliphatic heterocycles. The van der Waals surface area contributed by atoms with Crippen molar-refractivity contribution in [2.75, 3.05) is 13.2 Å². The second-order valence-electron chi connectivity index (χ2n) is 17.4. The van der Waals surface area contributed by atoms with Crippen LogP contribution < -0.4 is 16.0 Å². The molecular weight excluding hydrogens is 713 g/mol. The standard InChI is InChI=1S/C52H80N4O2/c1-5-7-9-11-13-15-17-19-21-23-25-27-35-57-42(3)50-41-52(43(4)58-36-28-26-24-22-20-18-16-14-12-10-8-6-2)40-49-34-33-47(55-49)38-45-30-29-44(53-45)37-46-31-32-48(54-46)39-51(50)56-52/h29-34,37-40,42-43,53,56H,5-28,35-36,41H2,1-4H3/i41D. The Balaban J connectivity index is 1.23. The van der Waals surface area contributed by atoms with E-state index in [9.17, 15) is 1.37 Å². The Kier molecular flexibility index (Phi) is 19.9. The van der Waals surface area contributed by atoms with Gasteiger partial charge < -0.3 is 19.8 Å². The summed E-state index contributed by atoms with van der Waals surface area (Å²) in [6.07, 6.45) is 47.0. The van der Waals surface area contributed by atoms with Crippen LogP contribution in [0.25, 0.3) is 12.2 Å². The van der Waals surface area contributed by atoms with Crippen molar-refractivity contribution in [2.24, 2.45) is 9.98 Å². The van der Waals surface area contributed by atoms with E-state index in [0.717, 1.165) is 57.6 Å². The van der Waals surface area contributed by atoms with E-state index in [1.165, 1.54) is 141 Å². The SMILES string of the molecule is [2H]C1C(C(C)OCCCCCCCCCCCCCC)=C2C=C3C=CC(=N3)C=c3ccc([nH]3)=CC3=NC(=CC1(C(C)OCCCCCCCCCCCCCC)N2)C=C3. The molecule has 58 heavy (non-hydrogen) atoms. The zero-order chi connectivity index (χ0) is 41.5. The highest BCUT2D eigenvalue weighted by Gasteiger charge is 2.43. The number of unbranched alkanes of at least 4 members (excludes halogenated alkanes) is 22. The number of ether oxygens (including phenoxy) is 2. The van der Waals surface area contributed by atoms with Crippen LogP contribution in [-0.4, -0.2) is 47.4 Å². The Morgan fingerprint density at radius 2 is 1.03 bits per heavy atom. The van der Waals surface area contributed by atoms with Crippen molar-refractivity contribution in [1.82, 2.24) is 10.3 Å². The largest absolute Gasteiger partial charge is 0.376 e. The lowest BCUT2D eigenvalue weighted by Gasteiger charge is -2.35. The van der Waals surface area contributed by atoms with Gasteiger partial charge in [0, 0.05) is 37.4 Å². The zero-order valence-corrected chi connectivity index (χ0v) is 37.1. The lowest BCUT2D eigenvalue weighted by Crippen LogP contribution is -2.49. The molecule has 6 nitrogen and oxygen atoms in total. The molecule has 0 saturated carbocycles. The fraction of sp³-hybridized carbons (Fsp3) is 0.654. The van der Waals surface area contributed by atoms with Gasteiger partial charge in [-0.15, -0.1) is 0 Å². The minimum Gasteiger partial charge on any atom is -0.376 e. The lowest BCUT2D eigenvalue weighted by atomic mass is 9.86. The summed E-state index contributed by atoms with van der Waals surface area (Å²) in [7, 11) is 0. The van der Waals surface area contributed by atoms with E-state index in [-0.39, 0.29) is 12.2 Å². The summed E-state index contributed by atoms with van der Waals surface area (Å²) < 4.78 is 23.4. The first kappa shape index (κ1) is 44.3. The van der Waals surface area contributed by atoms with Crippen molar-refractivity contribution in [3.63, 3.8) is 0 Å². The number of hydrogen-bond acceptors (Lipinski definition) is 5. The van der Waals surface area contributed by atoms with E-state index >= 15 is 0 Å². The van der Waals surface area contributed by atoms with Crippen molar-refractivity contribution in [2.45, 2.75) is 206 Å². The highest BCUT2D eigenvalue weighted by atomic mass is 16.5. The van der Waals surface area contributed by atoms with Crippen molar-refractivity contribution in [3.8, 4) is 0 Å². The van der Waals surface area contributed by atoms with E-state index < -0.39 is 11.9 Å². The maximum Gasteiger partial charge on any atom is 0.0878 e. The van der Waals surface area contributed by atoms with Gasteiger partial charge in [-0.3, -0.25) is 0 Å². The van der Waals surface area contributed by atoms with Crippen LogP contribution in [-0.2, 0) is 9.47 Å². The molecule has 0 amide bonds. The summed E-state index contributed by atoms with van der Waals surface area (Å²) >= 11 is 0. The molecule has 0 aromatic carbocycles. The van der Waals surface area contributed by atoms with Crippen molar-refractivity contribution < 1.29 is 10.8 Å². The second kappa shape index (κ2) is 26.1. The van der Waals surface area contributed by atoms with E-state index in [0.29, 0.717) is 13.2 Å². The summed E-state index contributed by atoms with van der Waals surface area (Å²) in [5, 5.41) is 5.86. The Hall–Kier alpha value is -3.22. The Labute approximate surface area is 354 Å². The first-order valence-corrected chi connectivity index (χ1v) is 24.0. The van der Waals surface area contributed by atoms with E-state index in [2.05, 4.69) is 98.7 Å². The minimum atomic E-state index is -0.844. The smallest absolute Gasteiger partial charge is 0.0878 e. The van der Waals surface area contributed by atoms with Gasteiger partial charge in [0.1, 0.15) is 0 Å². The summed E-state index contributed by atoms with van der Waals surface area (Å²) in [6, 6.07) is 4.15. The first-order valence-electron chi connectivity index (χ1n) is 24.5. The average Bonchev–Trinajstić information content (AvgIpc) is 4.03. The molecule has 4 unspecified atom stereocenters. The molecule has 8 bridgehead atoms. The van der Waals surface area contributed by atoms with E-state index in [1.54, 1.807) is 0 Å². The summed E-state index contributed by atoms with van der Waals surface area (Å²) in [6.45, 7) is 10.2. The summed E-state index contributed by atoms with van der Waals surface area (Å²) in [5.41, 5.74) is 4.48. The molecule has 320 valence electrons. The van der Waals surface area contributed by atoms with Crippen molar-refractivity contribution in [3.05, 3.63) is 82.0 Å². The number of hydrogen-bond donors (Lipinski definition) is 2. The van der Waals surface area contributed by atoms with E-state index in [4.69, 9.17) is 19.5 Å². The number of fused-ring (bicyclic) bond motifs is 6. The first-order chi connectivity index (χ1) is 28.9. The molecular formula is C52H80N4O2. The molecule has 5 rings (SSSR count). The van der Waals surface area contributed by atoms with Crippen LogP contribution in [0.5, 0.6) is 0 Å². The van der Waals surface area contributed by atoms with Crippen LogP contribution in [0.2, 0.25) is 0 Å². The second-order valence-corrected chi connectivity index (χ2v) is 17.4. The molecule has 4 atom stereocenters. The maximum atomic E-state index is 10.0. The monoisotopic (exact) mass is 794 g/mol. The van der Waals surface area contributed by atoms with Crippen LogP contribution in [0.4, 0.5) is 0 Å². The molecule has 6 heteroatoms. The quantitative estimate of drug-likeness (QED) is 0.0762.